The molecule has 2 rings (SSSR count). The summed E-state index contributed by atoms with van der Waals surface area (Å²) in [4.78, 5) is 24.8. The molecule has 1 fully saturated rings. The van der Waals surface area contributed by atoms with Gasteiger partial charge in [-0.1, -0.05) is 0 Å². The quantitative estimate of drug-likeness (QED) is 0.863. The number of carboxylic acids is 1. The second-order valence-electron chi connectivity index (χ2n) is 5.04. The van der Waals surface area contributed by atoms with Gasteiger partial charge in [0.2, 0.25) is 0 Å². The van der Waals surface area contributed by atoms with Crippen LogP contribution in [0.1, 0.15) is 23.7 Å². The van der Waals surface area contributed by atoms with Gasteiger partial charge in [-0.25, -0.2) is 0 Å². The first-order chi connectivity index (χ1) is 10.2. The molecule has 1 aromatic rings. The predicted molar refractivity (Wildman–Crippen MR) is 74.6 cm³/mol. The third-order valence-electron chi connectivity index (χ3n) is 3.67. The molecule has 1 aromatic carbocycles. The SMILES string of the molecule is CC1C(C(=O)O)CCN1C(=O)c1ccc(SC(F)(F)F)cc1. The number of hydrogen-bond donors (Lipinski definition) is 1. The zero-order valence-electron chi connectivity index (χ0n) is 11.6. The second kappa shape index (κ2) is 6.20. The standard InChI is InChI=1S/C14H14F3NO3S/c1-8-11(13(20)21)6-7-18(8)12(19)9-2-4-10(5-3-9)22-14(15,16)17/h2-5,8,11H,6-7H2,1H3,(H,20,21). The summed E-state index contributed by atoms with van der Waals surface area (Å²) in [5, 5.41) is 9.05. The van der Waals surface area contributed by atoms with Gasteiger partial charge < -0.3 is 10.0 Å². The Morgan fingerprint density at radius 1 is 1.27 bits per heavy atom. The Hall–Kier alpha value is -1.70. The highest BCUT2D eigenvalue weighted by Crippen LogP contribution is 2.37. The number of nitrogens with zero attached hydrogens (tertiary/aromatic N) is 1. The Labute approximate surface area is 129 Å². The highest BCUT2D eigenvalue weighted by Gasteiger charge is 2.38. The van der Waals surface area contributed by atoms with Gasteiger partial charge in [0.1, 0.15) is 0 Å². The summed E-state index contributed by atoms with van der Waals surface area (Å²) in [5.74, 6) is -1.91. The van der Waals surface area contributed by atoms with Gasteiger partial charge in [-0.15, -0.1) is 0 Å². The maximum atomic E-state index is 12.3. The van der Waals surface area contributed by atoms with Crippen LogP contribution in [-0.4, -0.2) is 40.0 Å². The maximum absolute atomic E-state index is 12.3. The van der Waals surface area contributed by atoms with Gasteiger partial charge in [-0.05, 0) is 49.4 Å². The first-order valence-electron chi connectivity index (χ1n) is 6.58. The van der Waals surface area contributed by atoms with Gasteiger partial charge in [0.15, 0.2) is 0 Å². The van der Waals surface area contributed by atoms with Gasteiger partial charge in [-0.3, -0.25) is 9.59 Å². The van der Waals surface area contributed by atoms with Crippen molar-refractivity contribution in [3.63, 3.8) is 0 Å². The molecule has 2 atom stereocenters. The van der Waals surface area contributed by atoms with Crippen LogP contribution in [0.5, 0.6) is 0 Å². The summed E-state index contributed by atoms with van der Waals surface area (Å²) >= 11 is -0.244. The van der Waals surface area contributed by atoms with E-state index in [1.165, 1.54) is 29.2 Å². The van der Waals surface area contributed by atoms with Crippen molar-refractivity contribution in [3.05, 3.63) is 29.8 Å². The topological polar surface area (TPSA) is 57.6 Å². The lowest BCUT2D eigenvalue weighted by atomic mass is 10.0. The first kappa shape index (κ1) is 16.7. The van der Waals surface area contributed by atoms with E-state index in [1.807, 2.05) is 0 Å². The van der Waals surface area contributed by atoms with Crippen LogP contribution < -0.4 is 0 Å². The van der Waals surface area contributed by atoms with Crippen LogP contribution in [0.2, 0.25) is 0 Å². The van der Waals surface area contributed by atoms with Gasteiger partial charge >= 0.3 is 11.5 Å². The molecule has 0 aliphatic carbocycles. The number of carbonyl (C=O) groups is 2. The van der Waals surface area contributed by atoms with Crippen LogP contribution in [0.15, 0.2) is 29.2 Å². The minimum Gasteiger partial charge on any atom is -0.481 e. The Kier molecular flexibility index (Phi) is 4.69. The Bertz CT molecular complexity index is 574. The Balaban J connectivity index is 2.09. The number of alkyl halides is 3. The number of benzene rings is 1. The largest absolute Gasteiger partial charge is 0.481 e. The monoisotopic (exact) mass is 333 g/mol. The molecule has 4 nitrogen and oxygen atoms in total. The van der Waals surface area contributed by atoms with E-state index >= 15 is 0 Å². The van der Waals surface area contributed by atoms with Crippen LogP contribution >= 0.6 is 11.8 Å². The second-order valence-corrected chi connectivity index (χ2v) is 6.18. The van der Waals surface area contributed by atoms with E-state index in [-0.39, 0.29) is 28.1 Å². The molecule has 8 heteroatoms. The third-order valence-corrected chi connectivity index (χ3v) is 4.41. The van der Waals surface area contributed by atoms with Crippen LogP contribution in [0.4, 0.5) is 13.2 Å². The fourth-order valence-corrected chi connectivity index (χ4v) is 3.06. The molecule has 0 bridgehead atoms. The zero-order valence-corrected chi connectivity index (χ0v) is 12.4. The van der Waals surface area contributed by atoms with E-state index in [0.29, 0.717) is 13.0 Å². The van der Waals surface area contributed by atoms with Crippen molar-refractivity contribution in [2.75, 3.05) is 6.54 Å². The van der Waals surface area contributed by atoms with Crippen molar-refractivity contribution in [3.8, 4) is 0 Å². The number of thioether (sulfide) groups is 1. The number of carbonyl (C=O) groups excluding carboxylic acids is 1. The number of carboxylic acid groups (broad SMARTS) is 1. The minimum atomic E-state index is -4.37. The molecule has 120 valence electrons. The maximum Gasteiger partial charge on any atom is 0.446 e. The fourth-order valence-electron chi connectivity index (χ4n) is 2.52. The molecular formula is C14H14F3NO3S. The number of halogens is 3. The molecule has 0 aromatic heterocycles. The van der Waals surface area contributed by atoms with Crippen molar-refractivity contribution in [2.45, 2.75) is 29.8 Å². The number of rotatable bonds is 3. The van der Waals surface area contributed by atoms with E-state index in [4.69, 9.17) is 5.11 Å². The lowest BCUT2D eigenvalue weighted by Crippen LogP contribution is -2.37. The summed E-state index contributed by atoms with van der Waals surface area (Å²) in [6.45, 7) is 1.99. The van der Waals surface area contributed by atoms with E-state index in [0.717, 1.165) is 0 Å². The zero-order chi connectivity index (χ0) is 16.5. The summed E-state index contributed by atoms with van der Waals surface area (Å²) in [6.07, 6.45) is 0.379. The minimum absolute atomic E-state index is 0.00179. The van der Waals surface area contributed by atoms with Gasteiger partial charge in [0.25, 0.3) is 5.91 Å². The van der Waals surface area contributed by atoms with Gasteiger partial charge in [0, 0.05) is 23.0 Å². The van der Waals surface area contributed by atoms with Crippen LogP contribution in [0, 0.1) is 5.92 Å². The number of hydrogen-bond acceptors (Lipinski definition) is 3. The summed E-state index contributed by atoms with van der Waals surface area (Å²) in [6, 6.07) is 4.70. The van der Waals surface area contributed by atoms with Crippen LogP contribution in [0.25, 0.3) is 0 Å². The molecular weight excluding hydrogens is 319 g/mol. The third kappa shape index (κ3) is 3.73. The van der Waals surface area contributed by atoms with Crippen LogP contribution in [0.3, 0.4) is 0 Å². The number of likely N-dealkylation sites (tertiary alicyclic amines) is 1. The van der Waals surface area contributed by atoms with Crippen molar-refractivity contribution < 1.29 is 27.9 Å². The van der Waals surface area contributed by atoms with E-state index in [1.54, 1.807) is 6.92 Å². The average molecular weight is 333 g/mol. The average Bonchev–Trinajstić information content (AvgIpc) is 2.79. The lowest BCUT2D eigenvalue weighted by molar-refractivity contribution is -0.142. The predicted octanol–water partition coefficient (Wildman–Crippen LogP) is 3.23. The molecule has 1 saturated heterocycles. The molecule has 0 spiro atoms. The Morgan fingerprint density at radius 2 is 1.86 bits per heavy atom. The molecule has 1 amide bonds. The van der Waals surface area contributed by atoms with Crippen LogP contribution in [-0.2, 0) is 4.79 Å². The first-order valence-corrected chi connectivity index (χ1v) is 7.40. The van der Waals surface area contributed by atoms with Gasteiger partial charge in [-0.2, -0.15) is 13.2 Å². The van der Waals surface area contributed by atoms with E-state index in [9.17, 15) is 22.8 Å². The van der Waals surface area contributed by atoms with Gasteiger partial charge in [0.05, 0.1) is 5.92 Å². The highest BCUT2D eigenvalue weighted by molar-refractivity contribution is 8.00. The van der Waals surface area contributed by atoms with Crippen molar-refractivity contribution in [1.29, 1.82) is 0 Å². The molecule has 1 aliphatic rings. The highest BCUT2D eigenvalue weighted by atomic mass is 32.2. The molecule has 1 aliphatic heterocycles. The van der Waals surface area contributed by atoms with Crippen molar-refractivity contribution >= 4 is 23.6 Å². The summed E-state index contributed by atoms with van der Waals surface area (Å²) < 4.78 is 36.7. The smallest absolute Gasteiger partial charge is 0.446 e. The molecule has 1 heterocycles. The number of amides is 1. The molecule has 0 radical (unpaired) electrons. The molecule has 22 heavy (non-hydrogen) atoms. The van der Waals surface area contributed by atoms with Crippen molar-refractivity contribution in [2.24, 2.45) is 5.92 Å². The van der Waals surface area contributed by atoms with E-state index in [2.05, 4.69) is 0 Å². The Morgan fingerprint density at radius 3 is 2.32 bits per heavy atom. The fraction of sp³-hybridized carbons (Fsp3) is 0.429. The van der Waals surface area contributed by atoms with E-state index < -0.39 is 23.4 Å². The van der Waals surface area contributed by atoms with Crippen molar-refractivity contribution in [1.82, 2.24) is 4.90 Å². The molecule has 0 saturated carbocycles. The normalized spacial score (nSPS) is 21.9. The molecule has 1 N–H and O–H groups in total. The lowest BCUT2D eigenvalue weighted by Gasteiger charge is -2.23. The molecule has 2 unspecified atom stereocenters. The number of aliphatic carboxylic acids is 1. The summed E-state index contributed by atoms with van der Waals surface area (Å²) in [7, 11) is 0. The summed E-state index contributed by atoms with van der Waals surface area (Å²) in [5.41, 5.74) is -4.12.